The highest BCUT2D eigenvalue weighted by molar-refractivity contribution is 5.71. The second kappa shape index (κ2) is 7.33. The number of benzene rings is 1. The minimum absolute atomic E-state index is 0.225. The molecule has 120 valence electrons. The quantitative estimate of drug-likeness (QED) is 0.515. The van der Waals surface area contributed by atoms with E-state index < -0.39 is 12.1 Å². The molecule has 23 heavy (non-hydrogen) atoms. The van der Waals surface area contributed by atoms with E-state index >= 15 is 0 Å². The van der Waals surface area contributed by atoms with Gasteiger partial charge < -0.3 is 14.9 Å². The van der Waals surface area contributed by atoms with E-state index in [2.05, 4.69) is 11.8 Å². The van der Waals surface area contributed by atoms with Crippen LogP contribution in [-0.2, 0) is 6.61 Å². The van der Waals surface area contributed by atoms with E-state index in [1.807, 2.05) is 0 Å². The molecule has 2 aromatic rings. The number of urea groups is 1. The average molecular weight is 318 g/mol. The Balaban J connectivity index is 1.93. The number of rotatable bonds is 4. The molecule has 1 aromatic carbocycles. The minimum atomic E-state index is -0.991. The van der Waals surface area contributed by atoms with Crippen LogP contribution in [-0.4, -0.2) is 22.3 Å². The predicted molar refractivity (Wildman–Crippen MR) is 79.0 cm³/mol. The van der Waals surface area contributed by atoms with Crippen molar-refractivity contribution >= 4 is 6.03 Å². The summed E-state index contributed by atoms with van der Waals surface area (Å²) in [4.78, 5) is 10.8. The Kier molecular flexibility index (Phi) is 5.23. The Morgan fingerprint density at radius 3 is 2.74 bits per heavy atom. The number of carbonyl (C=O) groups excluding carboxylic acids is 1. The molecule has 0 aliphatic heterocycles. The Hall–Kier alpha value is -2.98. The molecule has 0 aliphatic rings. The summed E-state index contributed by atoms with van der Waals surface area (Å²) in [5.74, 6) is 5.51. The number of amides is 2. The van der Waals surface area contributed by atoms with Crippen molar-refractivity contribution in [2.75, 3.05) is 0 Å². The van der Waals surface area contributed by atoms with Crippen LogP contribution in [0.25, 0.3) is 0 Å². The lowest BCUT2D eigenvalue weighted by Gasteiger charge is -2.14. The Morgan fingerprint density at radius 2 is 2.09 bits per heavy atom. The van der Waals surface area contributed by atoms with E-state index in [1.165, 1.54) is 19.1 Å². The normalized spacial score (nSPS) is 11.3. The van der Waals surface area contributed by atoms with Gasteiger partial charge in [0, 0.05) is 6.07 Å². The van der Waals surface area contributed by atoms with Crippen LogP contribution in [0.3, 0.4) is 0 Å². The number of hydroxylamine groups is 2. The van der Waals surface area contributed by atoms with Crippen molar-refractivity contribution in [3.63, 3.8) is 0 Å². The number of carbonyl (C=O) groups is 1. The number of furan rings is 1. The number of ether oxygens (including phenoxy) is 1. The molecule has 3 N–H and O–H groups in total. The van der Waals surface area contributed by atoms with Crippen LogP contribution in [0.1, 0.15) is 18.2 Å². The van der Waals surface area contributed by atoms with Crippen LogP contribution in [0.15, 0.2) is 40.8 Å². The topological polar surface area (TPSA) is 88.9 Å². The van der Waals surface area contributed by atoms with Gasteiger partial charge in [-0.25, -0.2) is 9.18 Å². The monoisotopic (exact) mass is 318 g/mol. The Morgan fingerprint density at radius 1 is 1.39 bits per heavy atom. The fourth-order valence-electron chi connectivity index (χ4n) is 1.63. The lowest BCUT2D eigenvalue weighted by Crippen LogP contribution is -2.38. The van der Waals surface area contributed by atoms with Gasteiger partial charge in [-0.1, -0.05) is 18.1 Å². The maximum absolute atomic E-state index is 12.8. The smallest absolute Gasteiger partial charge is 0.339 e. The third-order valence-electron chi connectivity index (χ3n) is 2.87. The summed E-state index contributed by atoms with van der Waals surface area (Å²) in [5.41, 5.74) is 5.71. The highest BCUT2D eigenvalue weighted by Crippen LogP contribution is 2.17. The third kappa shape index (κ3) is 4.76. The van der Waals surface area contributed by atoms with Gasteiger partial charge in [0.2, 0.25) is 0 Å². The number of hydrogen-bond donors (Lipinski definition) is 2. The predicted octanol–water partition coefficient (Wildman–Crippen LogP) is 2.51. The summed E-state index contributed by atoms with van der Waals surface area (Å²) in [5, 5.41) is 9.60. The van der Waals surface area contributed by atoms with Crippen LogP contribution in [0.5, 0.6) is 5.95 Å². The van der Waals surface area contributed by atoms with Crippen molar-refractivity contribution in [2.24, 2.45) is 5.73 Å². The third-order valence-corrected chi connectivity index (χ3v) is 2.87. The summed E-state index contributed by atoms with van der Waals surface area (Å²) in [7, 11) is 0. The van der Waals surface area contributed by atoms with E-state index in [9.17, 15) is 14.4 Å². The molecular formula is C16H15FN2O4. The maximum atomic E-state index is 12.8. The largest absolute Gasteiger partial charge is 0.460 e. The lowest BCUT2D eigenvalue weighted by molar-refractivity contribution is -0.0536. The molecule has 0 aliphatic carbocycles. The minimum Gasteiger partial charge on any atom is -0.460 e. The van der Waals surface area contributed by atoms with Crippen LogP contribution in [0.4, 0.5) is 9.18 Å². The van der Waals surface area contributed by atoms with Crippen molar-refractivity contribution in [2.45, 2.75) is 19.6 Å². The van der Waals surface area contributed by atoms with Crippen LogP contribution >= 0.6 is 0 Å². The fourth-order valence-corrected chi connectivity index (χ4v) is 1.63. The highest BCUT2D eigenvalue weighted by Gasteiger charge is 2.12. The number of nitrogens with zero attached hydrogens (tertiary/aromatic N) is 1. The van der Waals surface area contributed by atoms with Gasteiger partial charge in [-0.15, -0.1) is 0 Å². The molecule has 1 aromatic heterocycles. The molecule has 0 radical (unpaired) electrons. The zero-order valence-corrected chi connectivity index (χ0v) is 12.3. The van der Waals surface area contributed by atoms with Gasteiger partial charge >= 0.3 is 6.03 Å². The molecular weight excluding hydrogens is 303 g/mol. The zero-order chi connectivity index (χ0) is 16.8. The van der Waals surface area contributed by atoms with Gasteiger partial charge in [-0.2, -0.15) is 5.06 Å². The molecule has 7 heteroatoms. The number of halogens is 1. The van der Waals surface area contributed by atoms with E-state index in [0.717, 1.165) is 5.56 Å². The summed E-state index contributed by atoms with van der Waals surface area (Å²) < 4.78 is 23.5. The maximum Gasteiger partial charge on any atom is 0.339 e. The Bertz CT molecular complexity index is 731. The van der Waals surface area contributed by atoms with Gasteiger partial charge in [0.1, 0.15) is 18.5 Å². The van der Waals surface area contributed by atoms with Gasteiger partial charge in [0.05, 0.1) is 0 Å². The first kappa shape index (κ1) is 16.4. The molecule has 0 spiro atoms. The summed E-state index contributed by atoms with van der Waals surface area (Å²) in [6.07, 6.45) is 0. The molecule has 0 saturated carbocycles. The molecule has 0 bridgehead atoms. The summed E-state index contributed by atoms with van der Waals surface area (Å²) in [6, 6.07) is 7.32. The van der Waals surface area contributed by atoms with Crippen molar-refractivity contribution in [3.8, 4) is 17.8 Å². The standard InChI is InChI=1S/C16H15FN2O4/c1-11(19(21)16(18)20)2-7-14-8-9-15(23-14)22-10-12-3-5-13(17)6-4-12/h3-6,8-9,11,21H,10H2,1H3,(H2,18,20). The molecule has 1 atom stereocenters. The average Bonchev–Trinajstić information content (AvgIpc) is 2.99. The second-order valence-corrected chi connectivity index (χ2v) is 4.66. The van der Waals surface area contributed by atoms with Crippen molar-refractivity contribution in [3.05, 3.63) is 53.5 Å². The van der Waals surface area contributed by atoms with Gasteiger partial charge in [0.15, 0.2) is 5.76 Å². The van der Waals surface area contributed by atoms with Crippen molar-refractivity contribution in [1.29, 1.82) is 0 Å². The summed E-state index contributed by atoms with van der Waals surface area (Å²) >= 11 is 0. The van der Waals surface area contributed by atoms with Crippen LogP contribution < -0.4 is 10.5 Å². The zero-order valence-electron chi connectivity index (χ0n) is 12.3. The SMILES string of the molecule is CC(C#Cc1ccc(OCc2ccc(F)cc2)o1)N(O)C(N)=O. The summed E-state index contributed by atoms with van der Waals surface area (Å²) in [6.45, 7) is 1.73. The molecule has 1 heterocycles. The fraction of sp³-hybridized carbons (Fsp3) is 0.188. The second-order valence-electron chi connectivity index (χ2n) is 4.66. The van der Waals surface area contributed by atoms with E-state index in [-0.39, 0.29) is 18.4 Å². The number of hydrogen-bond acceptors (Lipinski definition) is 4. The first-order valence-corrected chi connectivity index (χ1v) is 6.72. The lowest BCUT2D eigenvalue weighted by atomic mass is 10.2. The van der Waals surface area contributed by atoms with Gasteiger partial charge in [-0.05, 0) is 36.6 Å². The van der Waals surface area contributed by atoms with Gasteiger partial charge in [-0.3, -0.25) is 5.21 Å². The van der Waals surface area contributed by atoms with Crippen LogP contribution in [0.2, 0.25) is 0 Å². The first-order valence-electron chi connectivity index (χ1n) is 6.72. The van der Waals surface area contributed by atoms with Crippen molar-refractivity contribution in [1.82, 2.24) is 5.06 Å². The van der Waals surface area contributed by atoms with Gasteiger partial charge in [0.25, 0.3) is 5.95 Å². The highest BCUT2D eigenvalue weighted by atomic mass is 19.1. The molecule has 6 nitrogen and oxygen atoms in total. The molecule has 0 saturated heterocycles. The Labute approximate surface area is 132 Å². The van der Waals surface area contributed by atoms with Crippen LogP contribution in [0, 0.1) is 17.7 Å². The molecule has 2 rings (SSSR count). The number of nitrogens with two attached hydrogens (primary N) is 1. The molecule has 0 fully saturated rings. The van der Waals surface area contributed by atoms with Crippen molar-refractivity contribution < 1.29 is 23.5 Å². The molecule has 2 amide bonds. The van der Waals surface area contributed by atoms with E-state index in [1.54, 1.807) is 24.3 Å². The number of primary amides is 1. The van der Waals surface area contributed by atoms with E-state index in [4.69, 9.17) is 14.9 Å². The first-order chi connectivity index (χ1) is 11.0. The molecule has 1 unspecified atom stereocenters. The van der Waals surface area contributed by atoms with E-state index in [0.29, 0.717) is 10.8 Å².